The molecular formula is C24H32N4O4. The number of nitrogens with zero attached hydrogens (tertiary/aromatic N) is 3. The third-order valence-corrected chi connectivity index (χ3v) is 6.24. The number of amides is 2. The number of carbonyl (C=O) groups excluding carboxylic acids is 1. The van der Waals surface area contributed by atoms with E-state index in [1.54, 1.807) is 12.0 Å². The molecule has 2 aliphatic rings. The number of urea groups is 1. The summed E-state index contributed by atoms with van der Waals surface area (Å²) in [4.78, 5) is 23.5. The number of amidine groups is 1. The van der Waals surface area contributed by atoms with Crippen LogP contribution in [-0.2, 0) is 4.74 Å². The van der Waals surface area contributed by atoms with E-state index in [0.717, 1.165) is 37.2 Å². The number of pyridine rings is 1. The molecule has 2 saturated heterocycles. The third kappa shape index (κ3) is 5.47. The van der Waals surface area contributed by atoms with E-state index in [1.807, 2.05) is 13.1 Å². The molecule has 8 nitrogen and oxygen atoms in total. The molecule has 0 aliphatic carbocycles. The largest absolute Gasteiger partial charge is 0.479 e. The van der Waals surface area contributed by atoms with E-state index in [9.17, 15) is 9.90 Å². The molecular weight excluding hydrogens is 408 g/mol. The minimum Gasteiger partial charge on any atom is -0.479 e. The second kappa shape index (κ2) is 10.6. The van der Waals surface area contributed by atoms with Crippen molar-refractivity contribution in [3.05, 3.63) is 30.0 Å². The Kier molecular flexibility index (Phi) is 7.89. The Morgan fingerprint density at radius 2 is 2.19 bits per heavy atom. The van der Waals surface area contributed by atoms with Crippen molar-refractivity contribution in [2.24, 2.45) is 4.99 Å². The number of nitrogens with one attached hydrogen (secondary N) is 1. The number of methoxy groups -OCH3 is 1. The molecule has 3 rings (SSSR count). The molecule has 0 saturated carbocycles. The van der Waals surface area contributed by atoms with E-state index >= 15 is 0 Å². The molecule has 0 radical (unpaired) electrons. The molecule has 32 heavy (non-hydrogen) atoms. The van der Waals surface area contributed by atoms with Crippen LogP contribution in [0, 0.1) is 19.3 Å². The highest BCUT2D eigenvalue weighted by atomic mass is 16.5. The zero-order valence-electron chi connectivity index (χ0n) is 18.9. The molecule has 3 heterocycles. The predicted octanol–water partition coefficient (Wildman–Crippen LogP) is 3.07. The van der Waals surface area contributed by atoms with Crippen molar-refractivity contribution in [2.45, 2.75) is 50.5 Å². The molecule has 0 bridgehead atoms. The van der Waals surface area contributed by atoms with Gasteiger partial charge in [0, 0.05) is 38.9 Å². The van der Waals surface area contributed by atoms with Crippen molar-refractivity contribution in [2.75, 3.05) is 33.4 Å². The normalized spacial score (nSPS) is 19.2. The van der Waals surface area contributed by atoms with Crippen LogP contribution in [0.15, 0.2) is 23.8 Å². The van der Waals surface area contributed by atoms with Gasteiger partial charge in [0.05, 0.1) is 12.7 Å². The first-order valence-corrected chi connectivity index (χ1v) is 10.9. The summed E-state index contributed by atoms with van der Waals surface area (Å²) in [5, 5.41) is 13.3. The maximum Gasteiger partial charge on any atom is 0.323 e. The first-order valence-electron chi connectivity index (χ1n) is 10.9. The molecule has 2 N–H and O–H groups in total. The number of aliphatic hydroxyl groups is 1. The molecule has 8 heteroatoms. The molecule has 0 unspecified atom stereocenters. The maximum absolute atomic E-state index is 12.8. The number of ether oxygens (including phenoxy) is 2. The van der Waals surface area contributed by atoms with Crippen LogP contribution < -0.4 is 10.1 Å². The fourth-order valence-electron chi connectivity index (χ4n) is 4.21. The van der Waals surface area contributed by atoms with Gasteiger partial charge in [0.1, 0.15) is 11.5 Å². The average molecular weight is 441 g/mol. The van der Waals surface area contributed by atoms with E-state index < -0.39 is 5.60 Å². The van der Waals surface area contributed by atoms with Gasteiger partial charge in [0.15, 0.2) is 0 Å². The second-order valence-corrected chi connectivity index (χ2v) is 8.31. The van der Waals surface area contributed by atoms with Crippen LogP contribution in [0.3, 0.4) is 0 Å². The lowest BCUT2D eigenvalue weighted by Gasteiger charge is -2.37. The topological polar surface area (TPSA) is 96.3 Å². The molecule has 2 fully saturated rings. The van der Waals surface area contributed by atoms with Crippen LogP contribution in [0.2, 0.25) is 0 Å². The molecule has 2 aliphatic heterocycles. The fourth-order valence-corrected chi connectivity index (χ4v) is 4.21. The van der Waals surface area contributed by atoms with Gasteiger partial charge in [-0.2, -0.15) is 0 Å². The van der Waals surface area contributed by atoms with E-state index in [-0.39, 0.29) is 12.5 Å². The smallest absolute Gasteiger partial charge is 0.323 e. The minimum atomic E-state index is -0.901. The van der Waals surface area contributed by atoms with Crippen LogP contribution in [-0.4, -0.2) is 65.9 Å². The Labute approximate surface area is 189 Å². The molecule has 1 aromatic heterocycles. The summed E-state index contributed by atoms with van der Waals surface area (Å²) >= 11 is 0. The van der Waals surface area contributed by atoms with Crippen LogP contribution in [0.1, 0.15) is 49.1 Å². The Morgan fingerprint density at radius 1 is 1.50 bits per heavy atom. The molecule has 2 amide bonds. The number of hydrogen-bond donors (Lipinski definition) is 2. The van der Waals surface area contributed by atoms with E-state index in [1.165, 1.54) is 6.08 Å². The van der Waals surface area contributed by atoms with Crippen molar-refractivity contribution in [1.82, 2.24) is 15.2 Å². The van der Waals surface area contributed by atoms with Gasteiger partial charge in [-0.1, -0.05) is 6.58 Å². The highest BCUT2D eigenvalue weighted by molar-refractivity contribution is 6.04. The van der Waals surface area contributed by atoms with Crippen molar-refractivity contribution >= 4 is 17.6 Å². The van der Waals surface area contributed by atoms with Crippen molar-refractivity contribution in [1.29, 1.82) is 0 Å². The van der Waals surface area contributed by atoms with Gasteiger partial charge in [-0.05, 0) is 55.7 Å². The quantitative estimate of drug-likeness (QED) is 0.417. The first kappa shape index (κ1) is 23.8. The number of terminal acetylenes is 1. The summed E-state index contributed by atoms with van der Waals surface area (Å²) in [6, 6.07) is -0.295. The lowest BCUT2D eigenvalue weighted by atomic mass is 9.89. The number of carbonyl (C=O) groups is 1. The predicted molar refractivity (Wildman–Crippen MR) is 123 cm³/mol. The molecule has 0 aromatic carbocycles. The summed E-state index contributed by atoms with van der Waals surface area (Å²) < 4.78 is 10.9. The van der Waals surface area contributed by atoms with Crippen LogP contribution in [0.25, 0.3) is 0 Å². The molecule has 172 valence electrons. The number of aromatic nitrogens is 1. The lowest BCUT2D eigenvalue weighted by molar-refractivity contribution is -0.00720. The Balaban J connectivity index is 1.77. The highest BCUT2D eigenvalue weighted by Crippen LogP contribution is 2.37. The lowest BCUT2D eigenvalue weighted by Crippen LogP contribution is -2.50. The Hall–Kier alpha value is -2.89. The van der Waals surface area contributed by atoms with Gasteiger partial charge in [-0.3, -0.25) is 5.32 Å². The maximum atomic E-state index is 12.8. The molecule has 1 aromatic rings. The second-order valence-electron chi connectivity index (χ2n) is 8.31. The molecule has 0 atom stereocenters. The van der Waals surface area contributed by atoms with E-state index in [4.69, 9.17) is 15.9 Å². The van der Waals surface area contributed by atoms with Gasteiger partial charge < -0.3 is 19.5 Å². The zero-order chi connectivity index (χ0) is 23.1. The molecule has 0 spiro atoms. The summed E-state index contributed by atoms with van der Waals surface area (Å²) in [6.07, 6.45) is 11.7. The van der Waals surface area contributed by atoms with Crippen molar-refractivity contribution < 1.29 is 19.4 Å². The number of rotatable bonds is 5. The summed E-state index contributed by atoms with van der Waals surface area (Å²) in [5.41, 5.74) is 1.76. The van der Waals surface area contributed by atoms with Crippen LogP contribution >= 0.6 is 0 Å². The number of piperidine rings is 1. The van der Waals surface area contributed by atoms with Gasteiger partial charge in [0.2, 0.25) is 5.88 Å². The first-order chi connectivity index (χ1) is 15.4. The Bertz CT molecular complexity index is 907. The van der Waals surface area contributed by atoms with Crippen molar-refractivity contribution in [3.63, 3.8) is 0 Å². The summed E-state index contributed by atoms with van der Waals surface area (Å²) in [7, 11) is 1.55. The minimum absolute atomic E-state index is 0.289. The fraction of sp³-hybridized carbons (Fsp3) is 0.542. The number of hydrogen-bond acceptors (Lipinski definition) is 6. The van der Waals surface area contributed by atoms with Crippen molar-refractivity contribution in [3.8, 4) is 18.2 Å². The van der Waals surface area contributed by atoms with Gasteiger partial charge in [-0.25, -0.2) is 14.8 Å². The standard InChI is InChI=1S/C24H32N4O4/c1-5-9-24(30)10-12-28(13-11-24)23(29)27-20(6-2)26-21-17(3)19(16-25-22(21)31-4)18-7-14-32-15-8-18/h1,6,16,18,30H,2,7-15H2,3-4H3,(H,26,27,29). The average Bonchev–Trinajstić information content (AvgIpc) is 2.80. The van der Waals surface area contributed by atoms with Crippen LogP contribution in [0.4, 0.5) is 10.5 Å². The van der Waals surface area contributed by atoms with E-state index in [2.05, 4.69) is 27.8 Å². The summed E-state index contributed by atoms with van der Waals surface area (Å²) in [5.74, 6) is 3.57. The van der Waals surface area contributed by atoms with Gasteiger partial charge in [0.25, 0.3) is 0 Å². The Morgan fingerprint density at radius 3 is 2.78 bits per heavy atom. The summed E-state index contributed by atoms with van der Waals surface area (Å²) in [6.45, 7) is 8.08. The zero-order valence-corrected chi connectivity index (χ0v) is 18.9. The van der Waals surface area contributed by atoms with Gasteiger partial charge in [-0.15, -0.1) is 12.3 Å². The number of aliphatic imine (C=N–C) groups is 1. The van der Waals surface area contributed by atoms with Crippen LogP contribution in [0.5, 0.6) is 5.88 Å². The SMILES string of the molecule is C#CCC1(O)CCN(C(=O)NC(C=C)=Nc2c(OC)ncc(C3CCOCC3)c2C)CC1. The third-order valence-electron chi connectivity index (χ3n) is 6.24. The van der Waals surface area contributed by atoms with E-state index in [0.29, 0.717) is 49.3 Å². The van der Waals surface area contributed by atoms with Gasteiger partial charge >= 0.3 is 6.03 Å². The number of likely N-dealkylation sites (tertiary alicyclic amines) is 1. The monoisotopic (exact) mass is 440 g/mol. The highest BCUT2D eigenvalue weighted by Gasteiger charge is 2.33.